The van der Waals surface area contributed by atoms with Crippen LogP contribution in [0.25, 0.3) is 0 Å². The molecule has 0 spiro atoms. The Labute approximate surface area is 132 Å². The van der Waals surface area contributed by atoms with Crippen LogP contribution in [-0.2, 0) is 11.3 Å². The second-order valence-corrected chi connectivity index (χ2v) is 6.90. The van der Waals surface area contributed by atoms with Crippen molar-refractivity contribution < 1.29 is 4.79 Å². The molecule has 1 aromatic heterocycles. The highest BCUT2D eigenvalue weighted by Gasteiger charge is 2.40. The largest absolute Gasteiger partial charge is 0.392 e. The predicted molar refractivity (Wildman–Crippen MR) is 88.3 cm³/mol. The van der Waals surface area contributed by atoms with Gasteiger partial charge >= 0.3 is 0 Å². The SMILES string of the molecule is CCC(CC)(C(=O)N(C)Cc1cc(Br)cs1)C(N)=S. The first-order valence-corrected chi connectivity index (χ1v) is 8.23. The summed E-state index contributed by atoms with van der Waals surface area (Å²) in [4.78, 5) is 15.8. The van der Waals surface area contributed by atoms with Crippen molar-refractivity contribution in [1.29, 1.82) is 0 Å². The minimum atomic E-state index is -0.710. The van der Waals surface area contributed by atoms with E-state index in [4.69, 9.17) is 18.0 Å². The quantitative estimate of drug-likeness (QED) is 0.786. The molecular weight excluding hydrogens is 344 g/mol. The lowest BCUT2D eigenvalue weighted by Crippen LogP contribution is -2.48. The highest BCUT2D eigenvalue weighted by atomic mass is 79.9. The van der Waals surface area contributed by atoms with Crippen LogP contribution in [0, 0.1) is 5.41 Å². The van der Waals surface area contributed by atoms with Crippen molar-refractivity contribution in [2.75, 3.05) is 7.05 Å². The molecular formula is C13H19BrN2OS2. The summed E-state index contributed by atoms with van der Waals surface area (Å²) in [5.74, 6) is 0.00882. The molecule has 0 aliphatic rings. The molecule has 0 fully saturated rings. The molecule has 1 heterocycles. The number of rotatable bonds is 6. The Hall–Kier alpha value is -0.460. The van der Waals surface area contributed by atoms with E-state index in [9.17, 15) is 4.79 Å². The Morgan fingerprint density at radius 1 is 1.53 bits per heavy atom. The first-order chi connectivity index (χ1) is 8.87. The van der Waals surface area contributed by atoms with Crippen LogP contribution >= 0.6 is 39.5 Å². The predicted octanol–water partition coefficient (Wildman–Crippen LogP) is 3.56. The number of nitrogens with two attached hydrogens (primary N) is 1. The summed E-state index contributed by atoms with van der Waals surface area (Å²) in [5.41, 5.74) is 5.10. The molecule has 0 radical (unpaired) electrons. The van der Waals surface area contributed by atoms with E-state index in [1.54, 1.807) is 23.3 Å². The van der Waals surface area contributed by atoms with Crippen LogP contribution in [0.5, 0.6) is 0 Å². The number of hydrogen-bond donors (Lipinski definition) is 1. The van der Waals surface area contributed by atoms with E-state index in [0.717, 1.165) is 9.35 Å². The lowest BCUT2D eigenvalue weighted by Gasteiger charge is -2.33. The molecule has 1 rings (SSSR count). The molecule has 0 saturated carbocycles. The number of carbonyl (C=O) groups excluding carboxylic acids is 1. The first-order valence-electron chi connectivity index (χ1n) is 6.15. The van der Waals surface area contributed by atoms with Crippen molar-refractivity contribution in [1.82, 2.24) is 4.90 Å². The molecule has 19 heavy (non-hydrogen) atoms. The summed E-state index contributed by atoms with van der Waals surface area (Å²) in [6.07, 6.45) is 1.27. The van der Waals surface area contributed by atoms with E-state index in [2.05, 4.69) is 15.9 Å². The van der Waals surface area contributed by atoms with E-state index in [0.29, 0.717) is 24.4 Å². The number of nitrogens with zero attached hydrogens (tertiary/aromatic N) is 1. The van der Waals surface area contributed by atoms with Crippen LogP contribution in [0.1, 0.15) is 31.6 Å². The molecule has 106 valence electrons. The van der Waals surface area contributed by atoms with Gasteiger partial charge in [0.1, 0.15) is 0 Å². The molecule has 1 amide bonds. The summed E-state index contributed by atoms with van der Waals surface area (Å²) in [6.45, 7) is 4.49. The van der Waals surface area contributed by atoms with Crippen molar-refractivity contribution >= 4 is 50.4 Å². The molecule has 0 saturated heterocycles. The average molecular weight is 363 g/mol. The molecule has 0 aliphatic carbocycles. The van der Waals surface area contributed by atoms with Crippen molar-refractivity contribution in [2.24, 2.45) is 11.1 Å². The molecule has 1 aromatic rings. The minimum absolute atomic E-state index is 0.00882. The van der Waals surface area contributed by atoms with Crippen LogP contribution in [0.4, 0.5) is 0 Å². The fraction of sp³-hybridized carbons (Fsp3) is 0.538. The second-order valence-electron chi connectivity index (χ2n) is 4.55. The molecule has 0 atom stereocenters. The summed E-state index contributed by atoms with van der Waals surface area (Å²) >= 11 is 10.2. The molecule has 0 aromatic carbocycles. The molecule has 0 unspecified atom stereocenters. The van der Waals surface area contributed by atoms with Gasteiger partial charge in [0.05, 0.1) is 16.9 Å². The zero-order valence-electron chi connectivity index (χ0n) is 11.4. The standard InChI is InChI=1S/C13H19BrN2OS2/c1-4-13(5-2,11(15)18)12(17)16(3)7-10-6-9(14)8-19-10/h6,8H,4-5,7H2,1-3H3,(H2,15,18). The van der Waals surface area contributed by atoms with Crippen molar-refractivity contribution in [3.63, 3.8) is 0 Å². The Morgan fingerprint density at radius 3 is 2.47 bits per heavy atom. The minimum Gasteiger partial charge on any atom is -0.392 e. The van der Waals surface area contributed by atoms with E-state index in [1.807, 2.05) is 25.3 Å². The van der Waals surface area contributed by atoms with Gasteiger partial charge in [0.25, 0.3) is 0 Å². The van der Waals surface area contributed by atoms with Crippen LogP contribution < -0.4 is 5.73 Å². The highest BCUT2D eigenvalue weighted by molar-refractivity contribution is 9.10. The van der Waals surface area contributed by atoms with Gasteiger partial charge in [-0.3, -0.25) is 4.79 Å². The van der Waals surface area contributed by atoms with E-state index in [-0.39, 0.29) is 5.91 Å². The Bertz CT molecular complexity index is 469. The number of hydrogen-bond acceptors (Lipinski definition) is 3. The van der Waals surface area contributed by atoms with Crippen LogP contribution in [0.2, 0.25) is 0 Å². The fourth-order valence-electron chi connectivity index (χ4n) is 2.11. The number of thiophene rings is 1. The summed E-state index contributed by atoms with van der Waals surface area (Å²) in [5, 5.41) is 2.01. The van der Waals surface area contributed by atoms with Gasteiger partial charge in [-0.05, 0) is 34.8 Å². The topological polar surface area (TPSA) is 46.3 Å². The van der Waals surface area contributed by atoms with Gasteiger partial charge in [-0.25, -0.2) is 0 Å². The number of amides is 1. The van der Waals surface area contributed by atoms with Crippen LogP contribution in [0.3, 0.4) is 0 Å². The summed E-state index contributed by atoms with van der Waals surface area (Å²) in [7, 11) is 1.80. The number of halogens is 1. The Morgan fingerprint density at radius 2 is 2.11 bits per heavy atom. The second kappa shape index (κ2) is 6.81. The molecule has 0 bridgehead atoms. The molecule has 3 nitrogen and oxygen atoms in total. The van der Waals surface area contributed by atoms with Crippen molar-refractivity contribution in [2.45, 2.75) is 33.2 Å². The lowest BCUT2D eigenvalue weighted by atomic mass is 9.81. The fourth-order valence-corrected chi connectivity index (χ4v) is 3.99. The summed E-state index contributed by atoms with van der Waals surface area (Å²) < 4.78 is 1.04. The number of carbonyl (C=O) groups is 1. The van der Waals surface area contributed by atoms with Crippen molar-refractivity contribution in [3.05, 3.63) is 20.8 Å². The maximum atomic E-state index is 12.6. The van der Waals surface area contributed by atoms with Crippen LogP contribution in [0.15, 0.2) is 15.9 Å². The van der Waals surface area contributed by atoms with E-state index >= 15 is 0 Å². The maximum absolute atomic E-state index is 12.6. The molecule has 2 N–H and O–H groups in total. The van der Waals surface area contributed by atoms with Gasteiger partial charge in [-0.1, -0.05) is 26.1 Å². The maximum Gasteiger partial charge on any atom is 0.235 e. The normalized spacial score (nSPS) is 11.4. The third-order valence-electron chi connectivity index (χ3n) is 3.45. The van der Waals surface area contributed by atoms with Crippen molar-refractivity contribution in [3.8, 4) is 0 Å². The molecule has 6 heteroatoms. The zero-order chi connectivity index (χ0) is 14.6. The van der Waals surface area contributed by atoms with Gasteiger partial charge < -0.3 is 10.6 Å². The third kappa shape index (κ3) is 3.55. The van der Waals surface area contributed by atoms with E-state index < -0.39 is 5.41 Å². The van der Waals surface area contributed by atoms with Gasteiger partial charge in [0.15, 0.2) is 0 Å². The Kier molecular flexibility index (Phi) is 5.95. The lowest BCUT2D eigenvalue weighted by molar-refractivity contribution is -0.137. The average Bonchev–Trinajstić information content (AvgIpc) is 2.76. The van der Waals surface area contributed by atoms with Gasteiger partial charge in [0, 0.05) is 21.8 Å². The smallest absolute Gasteiger partial charge is 0.235 e. The Balaban J connectivity index is 2.88. The van der Waals surface area contributed by atoms with Crippen LogP contribution in [-0.4, -0.2) is 22.8 Å². The first kappa shape index (κ1) is 16.6. The summed E-state index contributed by atoms with van der Waals surface area (Å²) in [6, 6.07) is 2.02. The number of thiocarbonyl (C=S) groups is 1. The van der Waals surface area contributed by atoms with Gasteiger partial charge in [-0.15, -0.1) is 11.3 Å². The van der Waals surface area contributed by atoms with Gasteiger partial charge in [-0.2, -0.15) is 0 Å². The van der Waals surface area contributed by atoms with Gasteiger partial charge in [0.2, 0.25) is 5.91 Å². The monoisotopic (exact) mass is 362 g/mol. The third-order valence-corrected chi connectivity index (χ3v) is 5.52. The molecule has 0 aliphatic heterocycles. The highest BCUT2D eigenvalue weighted by Crippen LogP contribution is 2.30. The zero-order valence-corrected chi connectivity index (χ0v) is 14.6. The van der Waals surface area contributed by atoms with E-state index in [1.165, 1.54) is 0 Å².